The zero-order valence-electron chi connectivity index (χ0n) is 24.8. The Morgan fingerprint density at radius 2 is 1.61 bits per heavy atom. The minimum absolute atomic E-state index is 0. The third-order valence-corrected chi connectivity index (χ3v) is 8.59. The molecule has 6 rings (SSSR count). The van der Waals surface area contributed by atoms with Gasteiger partial charge in [-0.25, -0.2) is 9.18 Å². The first-order valence-corrected chi connectivity index (χ1v) is 15.2. The smallest absolute Gasteiger partial charge is 0.349 e. The van der Waals surface area contributed by atoms with Gasteiger partial charge in [-0.2, -0.15) is 13.2 Å². The third-order valence-electron chi connectivity index (χ3n) is 8.59. The van der Waals surface area contributed by atoms with Crippen LogP contribution in [0.4, 0.5) is 28.0 Å². The highest BCUT2D eigenvalue weighted by Gasteiger charge is 2.30. The van der Waals surface area contributed by atoms with Gasteiger partial charge in [0.05, 0.1) is 5.56 Å². The summed E-state index contributed by atoms with van der Waals surface area (Å²) in [6.45, 7) is 3.04. The van der Waals surface area contributed by atoms with E-state index in [4.69, 9.17) is 0 Å². The van der Waals surface area contributed by atoms with E-state index in [0.29, 0.717) is 31.6 Å². The second-order valence-corrected chi connectivity index (χ2v) is 11.6. The average Bonchev–Trinajstić information content (AvgIpc) is 3.40. The van der Waals surface area contributed by atoms with E-state index in [2.05, 4.69) is 22.8 Å². The minimum atomic E-state index is -4.22. The van der Waals surface area contributed by atoms with E-state index < -0.39 is 11.7 Å². The molecule has 3 aromatic rings. The van der Waals surface area contributed by atoms with E-state index >= 15 is 0 Å². The number of likely N-dealkylation sites (tertiary alicyclic amines) is 1. The second kappa shape index (κ2) is 13.7. The van der Waals surface area contributed by atoms with Gasteiger partial charge in [0.1, 0.15) is 5.82 Å². The van der Waals surface area contributed by atoms with E-state index in [1.54, 1.807) is 22.6 Å². The molecule has 3 amide bonds. The van der Waals surface area contributed by atoms with Crippen molar-refractivity contribution in [3.05, 3.63) is 106 Å². The fourth-order valence-corrected chi connectivity index (χ4v) is 6.03. The van der Waals surface area contributed by atoms with Crippen LogP contribution in [0.1, 0.15) is 82.3 Å². The van der Waals surface area contributed by atoms with Crippen molar-refractivity contribution < 1.29 is 31.4 Å². The number of hydrogen-bond donors (Lipinski definition) is 2. The summed E-state index contributed by atoms with van der Waals surface area (Å²) in [5.41, 5.74) is 7.30. The zero-order valence-corrected chi connectivity index (χ0v) is 24.8. The Balaban J connectivity index is 0.000000439. The Labute approximate surface area is 259 Å². The van der Waals surface area contributed by atoms with Gasteiger partial charge in [-0.05, 0) is 122 Å². The fourth-order valence-electron chi connectivity index (χ4n) is 6.03. The Bertz CT molecular complexity index is 1520. The van der Waals surface area contributed by atoms with Gasteiger partial charge in [0.2, 0.25) is 0 Å². The van der Waals surface area contributed by atoms with E-state index in [-0.39, 0.29) is 28.1 Å². The van der Waals surface area contributed by atoms with E-state index in [1.807, 2.05) is 13.0 Å². The molecule has 0 spiro atoms. The molecule has 9 heteroatoms. The molecule has 0 aromatic heterocycles. The van der Waals surface area contributed by atoms with Crippen LogP contribution in [0, 0.1) is 5.82 Å². The largest absolute Gasteiger partial charge is 0.416 e. The quantitative estimate of drug-likeness (QED) is 0.288. The molecule has 0 saturated carbocycles. The SMILES string of the molecule is CCc1ccc(C(F)(F)F)cc1.O=C(NC1CCN(C(=O)Nc2ccc(F)cc2)CC1)c1ccc2c(c1)C1=C(CCCC1)C2.[HH].[HH].[HH]. The normalized spacial score (nSPS) is 16.4. The van der Waals surface area contributed by atoms with Gasteiger partial charge in [0.25, 0.3) is 5.91 Å². The number of urea groups is 1. The van der Waals surface area contributed by atoms with Gasteiger partial charge < -0.3 is 15.5 Å². The Hall–Kier alpha value is -4.14. The van der Waals surface area contributed by atoms with Crippen LogP contribution in [0.3, 0.4) is 0 Å². The van der Waals surface area contributed by atoms with Crippen molar-refractivity contribution in [1.29, 1.82) is 0 Å². The molecule has 0 radical (unpaired) electrons. The number of rotatable bonds is 4. The van der Waals surface area contributed by atoms with Crippen molar-refractivity contribution >= 4 is 23.2 Å². The first-order chi connectivity index (χ1) is 21.1. The summed E-state index contributed by atoms with van der Waals surface area (Å²) in [6.07, 6.45) is 3.86. The predicted molar refractivity (Wildman–Crippen MR) is 170 cm³/mol. The molecule has 0 bridgehead atoms. The summed E-state index contributed by atoms with van der Waals surface area (Å²) in [4.78, 5) is 27.1. The number of nitrogens with one attached hydrogen (secondary N) is 2. The van der Waals surface area contributed by atoms with E-state index in [0.717, 1.165) is 42.5 Å². The monoisotopic (exact) mass is 613 g/mol. The number of carbonyl (C=O) groups is 2. The molecule has 1 heterocycles. The van der Waals surface area contributed by atoms with Gasteiger partial charge in [-0.1, -0.05) is 30.7 Å². The Kier molecular flexibility index (Phi) is 9.71. The van der Waals surface area contributed by atoms with Crippen molar-refractivity contribution in [3.8, 4) is 0 Å². The van der Waals surface area contributed by atoms with Crippen LogP contribution in [0.5, 0.6) is 0 Å². The van der Waals surface area contributed by atoms with Crippen LogP contribution in [-0.4, -0.2) is 36.0 Å². The lowest BCUT2D eigenvalue weighted by molar-refractivity contribution is -0.137. The maximum absolute atomic E-state index is 13.0. The maximum Gasteiger partial charge on any atom is 0.416 e. The molecule has 3 aromatic carbocycles. The number of benzene rings is 3. The molecule has 5 nitrogen and oxygen atoms in total. The standard InChI is InChI=1S/C26H28FN3O2.C9H9F3.3H2/c27-20-7-9-21(10-8-20)29-26(32)30-13-11-22(12-14-30)28-25(31)19-6-5-18-15-17-3-1-2-4-23(17)24(18)16-19;1-2-7-3-5-8(6-4-7)9(10,11)12;;;/h5-10,16,22H,1-4,11-15H2,(H,28,31)(H,29,32);3-6H,2H2,1H3;3*1H. The van der Waals surface area contributed by atoms with Gasteiger partial charge in [0, 0.05) is 34.7 Å². The van der Waals surface area contributed by atoms with Crippen LogP contribution < -0.4 is 10.6 Å². The predicted octanol–water partition coefficient (Wildman–Crippen LogP) is 9.14. The average molecular weight is 614 g/mol. The van der Waals surface area contributed by atoms with E-state index in [1.165, 1.54) is 60.2 Å². The summed E-state index contributed by atoms with van der Waals surface area (Å²) < 4.78 is 49.1. The summed E-state index contributed by atoms with van der Waals surface area (Å²) in [6, 6.07) is 16.9. The first-order valence-electron chi connectivity index (χ1n) is 15.2. The number of carbonyl (C=O) groups excluding carboxylic acids is 2. The first kappa shape index (κ1) is 31.3. The van der Waals surface area contributed by atoms with Gasteiger partial charge in [-0.3, -0.25) is 4.79 Å². The molecular weight excluding hydrogens is 570 g/mol. The molecule has 238 valence electrons. The maximum atomic E-state index is 13.0. The highest BCUT2D eigenvalue weighted by molar-refractivity contribution is 5.96. The number of halogens is 4. The highest BCUT2D eigenvalue weighted by atomic mass is 19.4. The van der Waals surface area contributed by atoms with Gasteiger partial charge in [-0.15, -0.1) is 0 Å². The zero-order chi connectivity index (χ0) is 31.3. The van der Waals surface area contributed by atoms with Crippen molar-refractivity contribution in [2.75, 3.05) is 18.4 Å². The molecule has 2 aliphatic carbocycles. The number of amides is 3. The number of fused-ring (bicyclic) bond motifs is 2. The molecule has 44 heavy (non-hydrogen) atoms. The number of piperidine rings is 1. The second-order valence-electron chi connectivity index (χ2n) is 11.6. The Morgan fingerprint density at radius 3 is 2.27 bits per heavy atom. The molecule has 1 fully saturated rings. The summed E-state index contributed by atoms with van der Waals surface area (Å²) >= 11 is 0. The fraction of sp³-hybridized carbons (Fsp3) is 0.371. The Morgan fingerprint density at radius 1 is 0.932 bits per heavy atom. The van der Waals surface area contributed by atoms with Gasteiger partial charge in [0.15, 0.2) is 0 Å². The lowest BCUT2D eigenvalue weighted by Gasteiger charge is -2.32. The number of aryl methyl sites for hydroxylation is 1. The molecule has 1 aliphatic heterocycles. The van der Waals surface area contributed by atoms with Crippen molar-refractivity contribution in [3.63, 3.8) is 0 Å². The lowest BCUT2D eigenvalue weighted by atomic mass is 9.91. The molecule has 2 N–H and O–H groups in total. The molecule has 3 aliphatic rings. The number of allylic oxidation sites excluding steroid dienone is 2. The van der Waals surface area contributed by atoms with E-state index in [9.17, 15) is 27.2 Å². The molecule has 0 atom stereocenters. The van der Waals surface area contributed by atoms with Crippen LogP contribution in [-0.2, 0) is 19.0 Å². The number of anilines is 1. The summed E-state index contributed by atoms with van der Waals surface area (Å²) in [7, 11) is 0. The van der Waals surface area contributed by atoms with Crippen molar-refractivity contribution in [2.24, 2.45) is 0 Å². The van der Waals surface area contributed by atoms with Crippen LogP contribution in [0.15, 0.2) is 72.3 Å². The summed E-state index contributed by atoms with van der Waals surface area (Å²) in [5, 5.41) is 5.95. The molecule has 1 saturated heterocycles. The highest BCUT2D eigenvalue weighted by Crippen LogP contribution is 2.41. The molecule has 0 unspecified atom stereocenters. The number of hydrogen-bond acceptors (Lipinski definition) is 2. The molecular formula is C35H43F4N3O2. The van der Waals surface area contributed by atoms with Gasteiger partial charge >= 0.3 is 12.2 Å². The lowest BCUT2D eigenvalue weighted by Crippen LogP contribution is -2.47. The van der Waals surface area contributed by atoms with Crippen LogP contribution in [0.2, 0.25) is 0 Å². The van der Waals surface area contributed by atoms with Crippen LogP contribution >= 0.6 is 0 Å². The van der Waals surface area contributed by atoms with Crippen LogP contribution in [0.25, 0.3) is 5.57 Å². The minimum Gasteiger partial charge on any atom is -0.349 e. The van der Waals surface area contributed by atoms with Crippen molar-refractivity contribution in [2.45, 2.75) is 70.5 Å². The third kappa shape index (κ3) is 7.68. The number of nitrogens with zero attached hydrogens (tertiary/aromatic N) is 1. The topological polar surface area (TPSA) is 61.4 Å². The number of alkyl halides is 3. The summed E-state index contributed by atoms with van der Waals surface area (Å²) in [5.74, 6) is -0.370. The van der Waals surface area contributed by atoms with Crippen molar-refractivity contribution in [1.82, 2.24) is 10.2 Å².